The van der Waals surface area contributed by atoms with Crippen LogP contribution in [0.2, 0.25) is 0 Å². The van der Waals surface area contributed by atoms with E-state index in [-0.39, 0.29) is 0 Å². The van der Waals surface area contributed by atoms with E-state index in [9.17, 15) is 4.79 Å². The molecule has 0 unspecified atom stereocenters. The Morgan fingerprint density at radius 3 is 2.75 bits per heavy atom. The third kappa shape index (κ3) is 2.35. The van der Waals surface area contributed by atoms with Crippen LogP contribution in [-0.2, 0) is 0 Å². The van der Waals surface area contributed by atoms with Crippen molar-refractivity contribution in [2.24, 2.45) is 0 Å². The van der Waals surface area contributed by atoms with Gasteiger partial charge >= 0.3 is 0 Å². The summed E-state index contributed by atoms with van der Waals surface area (Å²) < 4.78 is 0. The highest BCUT2D eigenvalue weighted by Gasteiger charge is 1.89. The van der Waals surface area contributed by atoms with Gasteiger partial charge in [-0.15, -0.1) is 0 Å². The molecule has 0 aliphatic carbocycles. The zero-order valence-electron chi connectivity index (χ0n) is 7.16. The Morgan fingerprint density at radius 1 is 1.33 bits per heavy atom. The lowest BCUT2D eigenvalue weighted by Gasteiger charge is -1.93. The van der Waals surface area contributed by atoms with Gasteiger partial charge in [-0.25, -0.2) is 0 Å². The Labute approximate surface area is 72.7 Å². The second-order valence-corrected chi connectivity index (χ2v) is 2.60. The molecule has 0 atom stereocenters. The van der Waals surface area contributed by atoms with Gasteiger partial charge in [-0.3, -0.25) is 4.79 Å². The largest absolute Gasteiger partial charge is 0.298 e. The van der Waals surface area contributed by atoms with Crippen molar-refractivity contribution in [3.05, 3.63) is 41.5 Å². The van der Waals surface area contributed by atoms with E-state index in [2.05, 4.69) is 13.0 Å². The summed E-state index contributed by atoms with van der Waals surface area (Å²) in [5.74, 6) is 0. The lowest BCUT2D eigenvalue weighted by Crippen LogP contribution is -1.79. The van der Waals surface area contributed by atoms with Crippen molar-refractivity contribution in [2.45, 2.75) is 13.3 Å². The average molecular weight is 160 g/mol. The summed E-state index contributed by atoms with van der Waals surface area (Å²) in [5, 5.41) is 0. The standard InChI is InChI=1S/C11H12O/c1-2-3-5-10-6-4-7-11(8-10)9-12/h3-9H,2H2,1H3. The van der Waals surface area contributed by atoms with Gasteiger partial charge in [0, 0.05) is 5.56 Å². The van der Waals surface area contributed by atoms with Gasteiger partial charge in [0.2, 0.25) is 0 Å². The quantitative estimate of drug-likeness (QED) is 0.621. The molecule has 0 aromatic heterocycles. The second kappa shape index (κ2) is 4.50. The fraction of sp³-hybridized carbons (Fsp3) is 0.182. The predicted octanol–water partition coefficient (Wildman–Crippen LogP) is 2.92. The fourth-order valence-corrected chi connectivity index (χ4v) is 0.990. The van der Waals surface area contributed by atoms with Crippen LogP contribution in [0.25, 0.3) is 6.08 Å². The first-order chi connectivity index (χ1) is 5.86. The van der Waals surface area contributed by atoms with Gasteiger partial charge in [0.1, 0.15) is 6.29 Å². The highest BCUT2D eigenvalue weighted by Crippen LogP contribution is 2.05. The summed E-state index contributed by atoms with van der Waals surface area (Å²) in [6.45, 7) is 2.08. The van der Waals surface area contributed by atoms with Crippen LogP contribution in [0.1, 0.15) is 29.3 Å². The molecule has 0 N–H and O–H groups in total. The molecule has 0 saturated carbocycles. The summed E-state index contributed by atoms with van der Waals surface area (Å²) in [7, 11) is 0. The van der Waals surface area contributed by atoms with Gasteiger partial charge in [0.05, 0.1) is 0 Å². The van der Waals surface area contributed by atoms with E-state index in [1.807, 2.05) is 24.3 Å². The van der Waals surface area contributed by atoms with Crippen LogP contribution in [0.4, 0.5) is 0 Å². The van der Waals surface area contributed by atoms with Crippen LogP contribution in [0.15, 0.2) is 30.3 Å². The SMILES string of the molecule is CCC=Cc1cccc(C=O)c1. The molecule has 1 aromatic carbocycles. The Bertz CT molecular complexity index is 287. The van der Waals surface area contributed by atoms with Gasteiger partial charge in [0.15, 0.2) is 0 Å². The zero-order valence-corrected chi connectivity index (χ0v) is 7.16. The minimum absolute atomic E-state index is 0.730. The molecule has 1 aromatic rings. The molecule has 1 rings (SSSR count). The van der Waals surface area contributed by atoms with Crippen LogP contribution < -0.4 is 0 Å². The minimum Gasteiger partial charge on any atom is -0.298 e. The van der Waals surface area contributed by atoms with Crippen molar-refractivity contribution < 1.29 is 4.79 Å². The number of rotatable bonds is 3. The number of allylic oxidation sites excluding steroid dienone is 1. The van der Waals surface area contributed by atoms with Crippen molar-refractivity contribution >= 4 is 12.4 Å². The van der Waals surface area contributed by atoms with E-state index in [1.165, 1.54) is 0 Å². The molecule has 0 amide bonds. The number of hydrogen-bond donors (Lipinski definition) is 0. The normalized spacial score (nSPS) is 10.4. The molecule has 0 saturated heterocycles. The summed E-state index contributed by atoms with van der Waals surface area (Å²) >= 11 is 0. The molecule has 0 spiro atoms. The van der Waals surface area contributed by atoms with E-state index in [1.54, 1.807) is 6.07 Å². The van der Waals surface area contributed by atoms with Crippen LogP contribution in [0.5, 0.6) is 0 Å². The highest BCUT2D eigenvalue weighted by molar-refractivity contribution is 5.76. The molecular formula is C11H12O. The Kier molecular flexibility index (Phi) is 3.27. The smallest absolute Gasteiger partial charge is 0.150 e. The lowest BCUT2D eigenvalue weighted by atomic mass is 10.1. The molecule has 1 heteroatoms. The Morgan fingerprint density at radius 2 is 2.08 bits per heavy atom. The van der Waals surface area contributed by atoms with Crippen molar-refractivity contribution in [1.82, 2.24) is 0 Å². The summed E-state index contributed by atoms with van der Waals surface area (Å²) in [6.07, 6.45) is 5.98. The first-order valence-electron chi connectivity index (χ1n) is 4.08. The van der Waals surface area contributed by atoms with E-state index in [4.69, 9.17) is 0 Å². The van der Waals surface area contributed by atoms with Gasteiger partial charge in [0.25, 0.3) is 0 Å². The third-order valence-electron chi connectivity index (χ3n) is 1.59. The van der Waals surface area contributed by atoms with E-state index in [0.29, 0.717) is 0 Å². The number of carbonyl (C=O) groups excluding carboxylic acids is 1. The minimum atomic E-state index is 0.730. The summed E-state index contributed by atoms with van der Waals surface area (Å²) in [4.78, 5) is 10.4. The van der Waals surface area contributed by atoms with Crippen LogP contribution in [0.3, 0.4) is 0 Å². The lowest BCUT2D eigenvalue weighted by molar-refractivity contribution is 0.112. The molecule has 0 aliphatic heterocycles. The maximum Gasteiger partial charge on any atom is 0.150 e. The molecule has 0 aliphatic rings. The Hall–Kier alpha value is -1.37. The van der Waals surface area contributed by atoms with E-state index >= 15 is 0 Å². The summed E-state index contributed by atoms with van der Waals surface area (Å²) in [6, 6.07) is 7.55. The number of aldehydes is 1. The van der Waals surface area contributed by atoms with Crippen molar-refractivity contribution in [3.63, 3.8) is 0 Å². The maximum absolute atomic E-state index is 10.4. The molecule has 62 valence electrons. The van der Waals surface area contributed by atoms with Gasteiger partial charge in [-0.05, 0) is 18.1 Å². The highest BCUT2D eigenvalue weighted by atomic mass is 16.1. The molecular weight excluding hydrogens is 148 g/mol. The molecule has 0 heterocycles. The first kappa shape index (κ1) is 8.72. The number of hydrogen-bond acceptors (Lipinski definition) is 1. The van der Waals surface area contributed by atoms with Crippen molar-refractivity contribution in [1.29, 1.82) is 0 Å². The second-order valence-electron chi connectivity index (χ2n) is 2.60. The van der Waals surface area contributed by atoms with Gasteiger partial charge in [-0.1, -0.05) is 37.3 Å². The topological polar surface area (TPSA) is 17.1 Å². The molecule has 0 fully saturated rings. The zero-order chi connectivity index (χ0) is 8.81. The maximum atomic E-state index is 10.4. The third-order valence-corrected chi connectivity index (χ3v) is 1.59. The van der Waals surface area contributed by atoms with Crippen LogP contribution >= 0.6 is 0 Å². The predicted molar refractivity (Wildman–Crippen MR) is 51.2 cm³/mol. The average Bonchev–Trinajstić information content (AvgIpc) is 2.15. The monoisotopic (exact) mass is 160 g/mol. The van der Waals surface area contributed by atoms with Crippen LogP contribution in [0, 0.1) is 0 Å². The fourth-order valence-electron chi connectivity index (χ4n) is 0.990. The van der Waals surface area contributed by atoms with Gasteiger partial charge in [-0.2, -0.15) is 0 Å². The van der Waals surface area contributed by atoms with Gasteiger partial charge < -0.3 is 0 Å². The van der Waals surface area contributed by atoms with E-state index < -0.39 is 0 Å². The van der Waals surface area contributed by atoms with Crippen molar-refractivity contribution in [3.8, 4) is 0 Å². The van der Waals surface area contributed by atoms with Crippen LogP contribution in [-0.4, -0.2) is 6.29 Å². The molecule has 0 bridgehead atoms. The van der Waals surface area contributed by atoms with E-state index in [0.717, 1.165) is 23.8 Å². The first-order valence-corrected chi connectivity index (χ1v) is 4.08. The Balaban J connectivity index is 2.86. The number of carbonyl (C=O) groups is 1. The molecule has 0 radical (unpaired) electrons. The molecule has 1 nitrogen and oxygen atoms in total. The summed E-state index contributed by atoms with van der Waals surface area (Å²) in [5.41, 5.74) is 1.81. The van der Waals surface area contributed by atoms with Crippen molar-refractivity contribution in [2.75, 3.05) is 0 Å². The molecule has 12 heavy (non-hydrogen) atoms. The number of benzene rings is 1.